The minimum Gasteiger partial charge on any atom is -0.339 e. The molecule has 0 radical (unpaired) electrons. The summed E-state index contributed by atoms with van der Waals surface area (Å²) < 4.78 is 0. The Morgan fingerprint density at radius 2 is 2.10 bits per heavy atom. The minimum absolute atomic E-state index is 0.104. The molecule has 1 aromatic carbocycles. The number of benzene rings is 1. The van der Waals surface area contributed by atoms with Crippen LogP contribution in [0.15, 0.2) is 35.4 Å². The molecule has 0 aromatic heterocycles. The Morgan fingerprint density at radius 1 is 1.45 bits per heavy atom. The van der Waals surface area contributed by atoms with Gasteiger partial charge < -0.3 is 11.1 Å². The smallest absolute Gasteiger partial charge is 0.339 e. The molecule has 20 heavy (non-hydrogen) atoms. The van der Waals surface area contributed by atoms with E-state index in [1.165, 1.54) is 7.05 Å². The largest absolute Gasteiger partial charge is 0.345 e. The predicted octanol–water partition coefficient (Wildman–Crippen LogP) is -0.599. The first-order valence-electron chi connectivity index (χ1n) is 5.91. The first kappa shape index (κ1) is 14.0. The lowest BCUT2D eigenvalue weighted by atomic mass is 9.90. The molecule has 0 saturated heterocycles. The van der Waals surface area contributed by atoms with Gasteiger partial charge in [-0.25, -0.2) is 4.79 Å². The highest BCUT2D eigenvalue weighted by Gasteiger charge is 2.50. The standard InChI is InChI=1S/C12H15N5O3/c1-14-11(19)17-10(18)12(13,9(15-17)16-20)7-8-5-3-2-4-6-8/h2-6,20H,7,13H2,1H3,(H,14,19)(H,15,16). The molecule has 0 saturated carbocycles. The molecule has 8 heteroatoms. The van der Waals surface area contributed by atoms with Crippen LogP contribution in [-0.2, 0) is 11.2 Å². The van der Waals surface area contributed by atoms with E-state index in [2.05, 4.69) is 10.4 Å². The number of hydrogen-bond acceptors (Lipinski definition) is 6. The van der Waals surface area contributed by atoms with Gasteiger partial charge in [0, 0.05) is 13.5 Å². The Bertz CT molecular complexity index is 559. The summed E-state index contributed by atoms with van der Waals surface area (Å²) in [5.41, 5.74) is 7.02. The van der Waals surface area contributed by atoms with E-state index in [1.54, 1.807) is 29.7 Å². The van der Waals surface area contributed by atoms with Gasteiger partial charge in [-0.3, -0.25) is 15.5 Å². The molecule has 2 rings (SSSR count). The summed E-state index contributed by atoms with van der Waals surface area (Å²) in [6.45, 7) is 0. The number of amides is 3. The van der Waals surface area contributed by atoms with E-state index in [1.807, 2.05) is 6.07 Å². The molecule has 1 aromatic rings. The summed E-state index contributed by atoms with van der Waals surface area (Å²) in [6.07, 6.45) is 0.104. The maximum absolute atomic E-state index is 12.3. The molecule has 8 nitrogen and oxygen atoms in total. The van der Waals surface area contributed by atoms with Gasteiger partial charge in [-0.15, -0.1) is 10.1 Å². The number of nitrogens with zero attached hydrogens (tertiary/aromatic N) is 2. The maximum atomic E-state index is 12.3. The van der Waals surface area contributed by atoms with Gasteiger partial charge in [0.2, 0.25) is 0 Å². The lowest BCUT2D eigenvalue weighted by Crippen LogP contribution is -2.60. The van der Waals surface area contributed by atoms with Crippen LogP contribution in [0.2, 0.25) is 0 Å². The lowest BCUT2D eigenvalue weighted by molar-refractivity contribution is -0.130. The van der Waals surface area contributed by atoms with Gasteiger partial charge in [-0.1, -0.05) is 30.3 Å². The molecule has 0 spiro atoms. The zero-order valence-corrected chi connectivity index (χ0v) is 10.8. The highest BCUT2D eigenvalue weighted by molar-refractivity contribution is 6.19. The van der Waals surface area contributed by atoms with Crippen LogP contribution in [0.25, 0.3) is 0 Å². The Labute approximate surface area is 115 Å². The molecular formula is C12H15N5O3. The van der Waals surface area contributed by atoms with Crippen molar-refractivity contribution in [1.29, 1.82) is 0 Å². The first-order chi connectivity index (χ1) is 9.52. The predicted molar refractivity (Wildman–Crippen MR) is 70.7 cm³/mol. The Morgan fingerprint density at radius 3 is 2.65 bits per heavy atom. The fraction of sp³-hybridized carbons (Fsp3) is 0.250. The van der Waals surface area contributed by atoms with Crippen molar-refractivity contribution in [2.24, 2.45) is 10.8 Å². The van der Waals surface area contributed by atoms with Crippen LogP contribution in [-0.4, -0.2) is 40.6 Å². The third-order valence-corrected chi connectivity index (χ3v) is 3.03. The molecular weight excluding hydrogens is 262 g/mol. The van der Waals surface area contributed by atoms with Crippen molar-refractivity contribution in [2.45, 2.75) is 12.0 Å². The highest BCUT2D eigenvalue weighted by atomic mass is 16.5. The molecule has 0 aliphatic carbocycles. The SMILES string of the molecule is CNC(=O)N1N=C(NO)C(N)(Cc2ccccc2)C1=O. The third kappa shape index (κ3) is 2.22. The number of carbonyl (C=O) groups is 2. The van der Waals surface area contributed by atoms with Gasteiger partial charge in [-0.05, 0) is 5.56 Å². The molecule has 0 fully saturated rings. The maximum Gasteiger partial charge on any atom is 0.345 e. The van der Waals surface area contributed by atoms with Crippen LogP contribution in [0.1, 0.15) is 5.56 Å². The van der Waals surface area contributed by atoms with Gasteiger partial charge in [0.15, 0.2) is 11.4 Å². The second-order valence-corrected chi connectivity index (χ2v) is 4.37. The first-order valence-corrected chi connectivity index (χ1v) is 5.91. The quantitative estimate of drug-likeness (QED) is 0.538. The van der Waals surface area contributed by atoms with Gasteiger partial charge in [0.1, 0.15) is 0 Å². The van der Waals surface area contributed by atoms with Crippen molar-refractivity contribution in [2.75, 3.05) is 7.05 Å². The number of carbonyl (C=O) groups excluding carboxylic acids is 2. The second-order valence-electron chi connectivity index (χ2n) is 4.37. The topological polar surface area (TPSA) is 120 Å². The van der Waals surface area contributed by atoms with E-state index in [0.717, 1.165) is 5.56 Å². The molecule has 0 bridgehead atoms. The molecule has 106 valence electrons. The van der Waals surface area contributed by atoms with Gasteiger partial charge in [0.05, 0.1) is 0 Å². The zero-order valence-electron chi connectivity index (χ0n) is 10.8. The van der Waals surface area contributed by atoms with E-state index in [4.69, 9.17) is 10.9 Å². The summed E-state index contributed by atoms with van der Waals surface area (Å²) in [7, 11) is 1.37. The van der Waals surface area contributed by atoms with E-state index >= 15 is 0 Å². The van der Waals surface area contributed by atoms with E-state index < -0.39 is 17.5 Å². The third-order valence-electron chi connectivity index (χ3n) is 3.03. The average Bonchev–Trinajstić information content (AvgIpc) is 2.71. The normalized spacial score (nSPS) is 21.6. The van der Waals surface area contributed by atoms with Crippen LogP contribution in [0.3, 0.4) is 0 Å². The monoisotopic (exact) mass is 277 g/mol. The summed E-state index contributed by atoms with van der Waals surface area (Å²) in [5.74, 6) is -0.882. The number of urea groups is 1. The number of nitrogens with two attached hydrogens (primary N) is 1. The highest BCUT2D eigenvalue weighted by Crippen LogP contribution is 2.21. The fourth-order valence-corrected chi connectivity index (χ4v) is 1.97. The second kappa shape index (κ2) is 5.27. The van der Waals surface area contributed by atoms with E-state index in [0.29, 0.717) is 5.01 Å². The number of hydroxylamine groups is 1. The summed E-state index contributed by atoms with van der Waals surface area (Å²) in [4.78, 5) is 23.8. The molecule has 1 heterocycles. The van der Waals surface area contributed by atoms with Crippen LogP contribution in [0.4, 0.5) is 4.79 Å². The Balaban J connectivity index is 2.32. The number of amidine groups is 1. The Hall–Kier alpha value is -2.45. The van der Waals surface area contributed by atoms with Crippen molar-refractivity contribution in [3.8, 4) is 0 Å². The van der Waals surface area contributed by atoms with Gasteiger partial charge >= 0.3 is 6.03 Å². The van der Waals surface area contributed by atoms with Crippen LogP contribution < -0.4 is 16.5 Å². The number of nitrogens with one attached hydrogen (secondary N) is 2. The van der Waals surface area contributed by atoms with Crippen molar-refractivity contribution >= 4 is 17.8 Å². The van der Waals surface area contributed by atoms with Gasteiger partial charge in [0.25, 0.3) is 5.91 Å². The molecule has 5 N–H and O–H groups in total. The van der Waals surface area contributed by atoms with Crippen molar-refractivity contribution < 1.29 is 14.8 Å². The summed E-state index contributed by atoms with van der Waals surface area (Å²) >= 11 is 0. The lowest BCUT2D eigenvalue weighted by Gasteiger charge is -2.23. The van der Waals surface area contributed by atoms with Crippen molar-refractivity contribution in [1.82, 2.24) is 15.8 Å². The molecule has 1 aliphatic heterocycles. The van der Waals surface area contributed by atoms with Crippen molar-refractivity contribution in [3.05, 3.63) is 35.9 Å². The number of imide groups is 1. The number of hydrogen-bond donors (Lipinski definition) is 4. The van der Waals surface area contributed by atoms with E-state index in [9.17, 15) is 9.59 Å². The average molecular weight is 277 g/mol. The molecule has 3 amide bonds. The number of hydrazone groups is 1. The summed E-state index contributed by atoms with van der Waals surface area (Å²) in [6, 6.07) is 8.30. The minimum atomic E-state index is -1.61. The molecule has 1 aliphatic rings. The summed E-state index contributed by atoms with van der Waals surface area (Å²) in [5, 5.41) is 15.7. The van der Waals surface area contributed by atoms with Crippen molar-refractivity contribution in [3.63, 3.8) is 0 Å². The van der Waals surface area contributed by atoms with Crippen LogP contribution in [0, 0.1) is 0 Å². The fourth-order valence-electron chi connectivity index (χ4n) is 1.97. The Kier molecular flexibility index (Phi) is 3.68. The number of rotatable bonds is 2. The van der Waals surface area contributed by atoms with Gasteiger partial charge in [-0.2, -0.15) is 0 Å². The zero-order chi connectivity index (χ0) is 14.8. The molecule has 1 unspecified atom stereocenters. The van der Waals surface area contributed by atoms with Crippen LogP contribution in [0.5, 0.6) is 0 Å². The molecule has 1 atom stereocenters. The van der Waals surface area contributed by atoms with E-state index in [-0.39, 0.29) is 12.3 Å². The van der Waals surface area contributed by atoms with Crippen LogP contribution >= 0.6 is 0 Å².